The van der Waals surface area contributed by atoms with Gasteiger partial charge in [-0.2, -0.15) is 0 Å². The average molecular weight is 297 g/mol. The zero-order valence-corrected chi connectivity index (χ0v) is 11.0. The predicted molar refractivity (Wildman–Crippen MR) is 49.9 cm³/mol. The molecule has 1 atom stereocenters. The normalized spacial score (nSPS) is 23.9. The Morgan fingerprint density at radius 3 is 2.38 bits per heavy atom. The molecule has 0 spiro atoms. The maximum atomic E-state index is 11.5. The second-order valence-electron chi connectivity index (χ2n) is 4.88. The molecule has 78 valence electrons. The molecule has 1 saturated carbocycles. The van der Waals surface area contributed by atoms with E-state index in [-0.39, 0.29) is 24.0 Å². The lowest BCUT2D eigenvalue weighted by Crippen LogP contribution is -3.00. The number of halogens is 1. The molecule has 1 unspecified atom stereocenters. The van der Waals surface area contributed by atoms with Crippen LogP contribution in [0.4, 0.5) is 0 Å². The van der Waals surface area contributed by atoms with Crippen molar-refractivity contribution in [3.63, 3.8) is 0 Å². The second-order valence-corrected chi connectivity index (χ2v) is 4.88. The first-order valence-electron chi connectivity index (χ1n) is 4.82. The van der Waals surface area contributed by atoms with Crippen molar-refractivity contribution in [1.29, 1.82) is 0 Å². The van der Waals surface area contributed by atoms with E-state index in [1.54, 1.807) is 0 Å². The minimum atomic E-state index is 0. The topological polar surface area (TPSA) is 17.1 Å². The third kappa shape index (κ3) is 4.96. The lowest BCUT2D eigenvalue weighted by atomic mass is 9.87. The standard InChI is InChI=1S/C10H20NO.HI/c1-11(2,3)8-9-6-4-5-7-10(9)12;/h9H,4-8H2,1-3H3;1H/q+1;/p-1. The van der Waals surface area contributed by atoms with Gasteiger partial charge >= 0.3 is 0 Å². The number of ketones is 1. The van der Waals surface area contributed by atoms with Crippen LogP contribution in [0, 0.1) is 5.92 Å². The Bertz CT molecular complexity index is 174. The molecule has 0 aromatic rings. The molecule has 0 aromatic carbocycles. The van der Waals surface area contributed by atoms with Crippen molar-refractivity contribution >= 4 is 5.78 Å². The van der Waals surface area contributed by atoms with Gasteiger partial charge in [0.1, 0.15) is 5.78 Å². The summed E-state index contributed by atoms with van der Waals surface area (Å²) in [5, 5.41) is 0. The molecule has 1 aliphatic carbocycles. The number of hydrogen-bond donors (Lipinski definition) is 0. The summed E-state index contributed by atoms with van der Waals surface area (Å²) in [5.74, 6) is 0.841. The van der Waals surface area contributed by atoms with Gasteiger partial charge in [0.25, 0.3) is 0 Å². The van der Waals surface area contributed by atoms with Gasteiger partial charge < -0.3 is 28.5 Å². The Kier molecular flexibility index (Phi) is 5.44. The molecule has 1 fully saturated rings. The van der Waals surface area contributed by atoms with Gasteiger partial charge in [-0.05, 0) is 12.8 Å². The average Bonchev–Trinajstić information content (AvgIpc) is 1.91. The smallest absolute Gasteiger partial charge is 0.141 e. The van der Waals surface area contributed by atoms with Gasteiger partial charge in [0.15, 0.2) is 0 Å². The minimum Gasteiger partial charge on any atom is -1.00 e. The van der Waals surface area contributed by atoms with E-state index < -0.39 is 0 Å². The zero-order chi connectivity index (χ0) is 9.19. The van der Waals surface area contributed by atoms with Crippen molar-refractivity contribution < 1.29 is 33.3 Å². The van der Waals surface area contributed by atoms with Crippen LogP contribution >= 0.6 is 0 Å². The van der Waals surface area contributed by atoms with E-state index in [2.05, 4.69) is 21.1 Å². The summed E-state index contributed by atoms with van der Waals surface area (Å²) >= 11 is 0. The van der Waals surface area contributed by atoms with E-state index in [0.717, 1.165) is 30.3 Å². The molecule has 1 rings (SSSR count). The molecule has 0 saturated heterocycles. The first-order valence-corrected chi connectivity index (χ1v) is 4.82. The lowest BCUT2D eigenvalue weighted by Gasteiger charge is -2.30. The molecular formula is C10H20INO. The largest absolute Gasteiger partial charge is 1.00 e. The van der Waals surface area contributed by atoms with Crippen LogP contribution in [0.25, 0.3) is 0 Å². The van der Waals surface area contributed by atoms with E-state index in [0.29, 0.717) is 11.7 Å². The highest BCUT2D eigenvalue weighted by atomic mass is 127. The SMILES string of the molecule is C[N+](C)(C)CC1CCCCC1=O.[I-]. The third-order valence-corrected chi connectivity index (χ3v) is 2.45. The van der Waals surface area contributed by atoms with Crippen LogP contribution in [-0.2, 0) is 4.79 Å². The molecule has 0 amide bonds. The van der Waals surface area contributed by atoms with Crippen molar-refractivity contribution in [2.75, 3.05) is 27.7 Å². The van der Waals surface area contributed by atoms with Crippen LogP contribution < -0.4 is 24.0 Å². The summed E-state index contributed by atoms with van der Waals surface area (Å²) in [5.41, 5.74) is 0. The fourth-order valence-electron chi connectivity index (χ4n) is 1.91. The van der Waals surface area contributed by atoms with E-state index in [4.69, 9.17) is 0 Å². The maximum absolute atomic E-state index is 11.5. The summed E-state index contributed by atoms with van der Waals surface area (Å²) in [6, 6.07) is 0. The second kappa shape index (κ2) is 5.29. The zero-order valence-electron chi connectivity index (χ0n) is 8.85. The van der Waals surface area contributed by atoms with Crippen molar-refractivity contribution in [2.24, 2.45) is 5.92 Å². The van der Waals surface area contributed by atoms with Crippen LogP contribution in [-0.4, -0.2) is 38.0 Å². The number of hydrogen-bond acceptors (Lipinski definition) is 1. The fourth-order valence-corrected chi connectivity index (χ4v) is 1.91. The number of rotatable bonds is 2. The summed E-state index contributed by atoms with van der Waals surface area (Å²) in [4.78, 5) is 11.5. The van der Waals surface area contributed by atoms with E-state index in [1.165, 1.54) is 6.42 Å². The lowest BCUT2D eigenvalue weighted by molar-refractivity contribution is -0.872. The summed E-state index contributed by atoms with van der Waals surface area (Å²) in [6.07, 6.45) is 4.31. The van der Waals surface area contributed by atoms with Crippen LogP contribution in [0.15, 0.2) is 0 Å². The number of Topliss-reactive ketones (excluding diaryl/α,β-unsaturated/α-hetero) is 1. The highest BCUT2D eigenvalue weighted by Crippen LogP contribution is 2.21. The van der Waals surface area contributed by atoms with Crippen molar-refractivity contribution in [2.45, 2.75) is 25.7 Å². The summed E-state index contributed by atoms with van der Waals surface area (Å²) in [6.45, 7) is 1.01. The quantitative estimate of drug-likeness (QED) is 0.446. The summed E-state index contributed by atoms with van der Waals surface area (Å²) < 4.78 is 0.913. The van der Waals surface area contributed by atoms with Gasteiger partial charge in [-0.25, -0.2) is 0 Å². The Morgan fingerprint density at radius 2 is 1.92 bits per heavy atom. The van der Waals surface area contributed by atoms with Crippen LogP contribution in [0.2, 0.25) is 0 Å². The van der Waals surface area contributed by atoms with Gasteiger partial charge in [-0.15, -0.1) is 0 Å². The number of carbonyl (C=O) groups is 1. The minimum absolute atomic E-state index is 0. The van der Waals surface area contributed by atoms with Crippen molar-refractivity contribution in [3.05, 3.63) is 0 Å². The van der Waals surface area contributed by atoms with Gasteiger partial charge in [-0.1, -0.05) is 6.42 Å². The van der Waals surface area contributed by atoms with Gasteiger partial charge in [0.2, 0.25) is 0 Å². The molecule has 0 aliphatic heterocycles. The molecule has 0 N–H and O–H groups in total. The first-order chi connectivity index (χ1) is 5.49. The molecule has 2 nitrogen and oxygen atoms in total. The van der Waals surface area contributed by atoms with Crippen LogP contribution in [0.1, 0.15) is 25.7 Å². The predicted octanol–water partition coefficient (Wildman–Crippen LogP) is -1.54. The number of quaternary nitrogens is 1. The highest BCUT2D eigenvalue weighted by molar-refractivity contribution is 5.81. The fraction of sp³-hybridized carbons (Fsp3) is 0.900. The monoisotopic (exact) mass is 297 g/mol. The number of nitrogens with zero attached hydrogens (tertiary/aromatic N) is 1. The molecule has 13 heavy (non-hydrogen) atoms. The Balaban J connectivity index is 0.00000144. The van der Waals surface area contributed by atoms with Gasteiger partial charge in [0.05, 0.1) is 33.6 Å². The molecule has 1 aliphatic rings. The Hall–Kier alpha value is 0.360. The summed E-state index contributed by atoms with van der Waals surface area (Å²) in [7, 11) is 6.46. The van der Waals surface area contributed by atoms with Crippen LogP contribution in [0.5, 0.6) is 0 Å². The molecule has 0 heterocycles. The van der Waals surface area contributed by atoms with Crippen molar-refractivity contribution in [1.82, 2.24) is 0 Å². The third-order valence-electron chi connectivity index (χ3n) is 2.45. The molecule has 0 radical (unpaired) electrons. The van der Waals surface area contributed by atoms with Crippen LogP contribution in [0.3, 0.4) is 0 Å². The van der Waals surface area contributed by atoms with Gasteiger partial charge in [0, 0.05) is 6.42 Å². The van der Waals surface area contributed by atoms with Gasteiger partial charge in [-0.3, -0.25) is 4.79 Å². The molecule has 0 aromatic heterocycles. The Morgan fingerprint density at radius 1 is 1.31 bits per heavy atom. The highest BCUT2D eigenvalue weighted by Gasteiger charge is 2.27. The molecule has 0 bridgehead atoms. The molecule has 3 heteroatoms. The van der Waals surface area contributed by atoms with E-state index >= 15 is 0 Å². The molecular weight excluding hydrogens is 277 g/mol. The first kappa shape index (κ1) is 13.4. The van der Waals surface area contributed by atoms with E-state index in [9.17, 15) is 4.79 Å². The van der Waals surface area contributed by atoms with Crippen molar-refractivity contribution in [3.8, 4) is 0 Å². The Labute approximate surface area is 98.3 Å². The van der Waals surface area contributed by atoms with E-state index in [1.807, 2.05) is 0 Å². The number of carbonyl (C=O) groups excluding carboxylic acids is 1. The maximum Gasteiger partial charge on any atom is 0.141 e.